The molecule has 0 radical (unpaired) electrons. The van der Waals surface area contributed by atoms with E-state index >= 15 is 0 Å². The molecule has 60 heavy (non-hydrogen) atoms. The number of imide groups is 2. The van der Waals surface area contributed by atoms with Crippen LogP contribution in [0.4, 0.5) is 24.5 Å². The third-order valence-corrected chi connectivity index (χ3v) is 10.0. The molecule has 306 valence electrons. The van der Waals surface area contributed by atoms with Crippen molar-refractivity contribution in [2.75, 3.05) is 5.32 Å². The number of piperidine rings is 1. The smallest absolute Gasteiger partial charge is 0.325 e. The molecule has 1 fully saturated rings. The zero-order chi connectivity index (χ0) is 42.6. The summed E-state index contributed by atoms with van der Waals surface area (Å²) in [6.07, 6.45) is 2.69. The van der Waals surface area contributed by atoms with E-state index in [9.17, 15) is 46.7 Å². The number of carbonyl (C=O) groups excluding carboxylic acids is 5. The third-order valence-electron chi connectivity index (χ3n) is 9.73. The molecule has 5 amide bonds. The first-order valence-electron chi connectivity index (χ1n) is 17.9. The first-order chi connectivity index (χ1) is 28.6. The largest absolute Gasteiger partial charge is 0.335 e. The normalized spacial score (nSPS) is 15.6. The Balaban J connectivity index is 1.02. The van der Waals surface area contributed by atoms with Crippen molar-refractivity contribution in [1.82, 2.24) is 49.1 Å². The molecule has 5 heterocycles. The number of halogens is 4. The Morgan fingerprint density at radius 2 is 1.75 bits per heavy atom. The fourth-order valence-electron chi connectivity index (χ4n) is 6.87. The molecule has 0 saturated carbocycles. The number of anilines is 1. The number of carbonyl (C=O) groups is 5. The molecule has 0 bridgehead atoms. The Morgan fingerprint density at radius 1 is 0.967 bits per heavy atom. The van der Waals surface area contributed by atoms with Gasteiger partial charge in [0, 0.05) is 43.1 Å². The molecule has 23 heteroatoms. The summed E-state index contributed by atoms with van der Waals surface area (Å²) < 4.78 is 47.2. The van der Waals surface area contributed by atoms with Crippen LogP contribution in [-0.2, 0) is 41.1 Å². The van der Waals surface area contributed by atoms with E-state index in [0.717, 1.165) is 9.47 Å². The predicted octanol–water partition coefficient (Wildman–Crippen LogP) is 1.65. The molecule has 1 saturated heterocycles. The fourth-order valence-corrected chi connectivity index (χ4v) is 7.07. The number of aromatic nitrogens is 8. The second-order valence-corrected chi connectivity index (χ2v) is 14.2. The maximum absolute atomic E-state index is 14.9. The summed E-state index contributed by atoms with van der Waals surface area (Å²) in [6, 6.07) is 7.01. The van der Waals surface area contributed by atoms with Crippen LogP contribution in [0.25, 0.3) is 10.9 Å². The van der Waals surface area contributed by atoms with Gasteiger partial charge in [-0.2, -0.15) is 5.10 Å². The van der Waals surface area contributed by atoms with E-state index in [-0.39, 0.29) is 59.0 Å². The second-order valence-electron chi connectivity index (χ2n) is 13.8. The van der Waals surface area contributed by atoms with Crippen LogP contribution in [0.1, 0.15) is 51.2 Å². The molecule has 2 aliphatic heterocycles. The third kappa shape index (κ3) is 7.38. The van der Waals surface area contributed by atoms with E-state index in [1.807, 2.05) is 0 Å². The first-order valence-corrected chi connectivity index (χ1v) is 18.3. The van der Waals surface area contributed by atoms with Crippen molar-refractivity contribution < 1.29 is 37.1 Å². The maximum atomic E-state index is 14.9. The summed E-state index contributed by atoms with van der Waals surface area (Å²) in [7, 11) is 1.69. The summed E-state index contributed by atoms with van der Waals surface area (Å²) >= 11 is 6.45. The Kier molecular flexibility index (Phi) is 10.1. The van der Waals surface area contributed by atoms with Crippen molar-refractivity contribution in [3.05, 3.63) is 126 Å². The summed E-state index contributed by atoms with van der Waals surface area (Å²) in [5.74, 6) is -7.44. The van der Waals surface area contributed by atoms with Gasteiger partial charge in [0.1, 0.15) is 17.6 Å². The quantitative estimate of drug-likeness (QED) is 0.133. The van der Waals surface area contributed by atoms with E-state index in [0.29, 0.717) is 27.6 Å². The van der Waals surface area contributed by atoms with Gasteiger partial charge in [-0.05, 0) is 36.8 Å². The molecule has 3 aromatic heterocycles. The summed E-state index contributed by atoms with van der Waals surface area (Å²) in [5, 5.41) is 17.6. The highest BCUT2D eigenvalue weighted by molar-refractivity contribution is 6.33. The Morgan fingerprint density at radius 3 is 2.53 bits per heavy atom. The van der Waals surface area contributed by atoms with Crippen LogP contribution in [0.15, 0.2) is 69.4 Å². The second kappa shape index (κ2) is 15.4. The summed E-state index contributed by atoms with van der Waals surface area (Å²) in [4.78, 5) is 98.6. The van der Waals surface area contributed by atoms with Gasteiger partial charge in [-0.3, -0.25) is 53.1 Å². The zero-order valence-electron chi connectivity index (χ0n) is 30.9. The van der Waals surface area contributed by atoms with Crippen molar-refractivity contribution in [2.24, 2.45) is 12.0 Å². The average Bonchev–Trinajstić information content (AvgIpc) is 3.87. The Hall–Kier alpha value is -7.49. The van der Waals surface area contributed by atoms with Gasteiger partial charge in [-0.25, -0.2) is 32.3 Å². The molecular formula is C37H28ClF3N12O7. The van der Waals surface area contributed by atoms with Crippen molar-refractivity contribution in [1.29, 1.82) is 0 Å². The van der Waals surface area contributed by atoms with E-state index < -0.39 is 88.7 Å². The number of nitrogens with zero attached hydrogens (tertiary/aromatic N) is 9. The number of aromatic amines is 1. The lowest BCUT2D eigenvalue weighted by Crippen LogP contribution is -2.54. The van der Waals surface area contributed by atoms with Gasteiger partial charge in [0.15, 0.2) is 11.6 Å². The van der Waals surface area contributed by atoms with E-state index in [1.165, 1.54) is 39.8 Å². The van der Waals surface area contributed by atoms with Crippen LogP contribution in [0.2, 0.25) is 5.02 Å². The molecule has 19 nitrogen and oxygen atoms in total. The number of aryl methyl sites for hydroxylation is 2. The molecule has 1 unspecified atom stereocenters. The predicted molar refractivity (Wildman–Crippen MR) is 201 cm³/mol. The molecular weight excluding hydrogens is 817 g/mol. The number of rotatable bonds is 10. The molecule has 0 spiro atoms. The summed E-state index contributed by atoms with van der Waals surface area (Å²) in [6.45, 7) is -1.27. The SMILES string of the molecule is Cn1cc2cc(/N=c3\[nH]c(=O)n(Cc4cn(CCC(=O)Nc5cccc6c5C(=O)N(C5CCC(=O)NC5=O)C6=O)nn4)c(=O)n3Cc3cc(F)c(F)cc3F)c(Cl)cc2n1. The lowest BCUT2D eigenvalue weighted by atomic mass is 10.0. The number of hydrogen-bond acceptors (Lipinski definition) is 11. The van der Waals surface area contributed by atoms with Gasteiger partial charge < -0.3 is 5.32 Å². The topological polar surface area (TPSA) is 233 Å². The van der Waals surface area contributed by atoms with Crippen LogP contribution in [-0.4, -0.2) is 79.4 Å². The van der Waals surface area contributed by atoms with Crippen molar-refractivity contribution >= 4 is 63.4 Å². The van der Waals surface area contributed by atoms with E-state index in [1.54, 1.807) is 19.3 Å². The molecule has 1 atom stereocenters. The highest BCUT2D eigenvalue weighted by Gasteiger charge is 2.45. The number of amides is 5. The summed E-state index contributed by atoms with van der Waals surface area (Å²) in [5.41, 5.74) is -2.27. The fraction of sp³-hybridized carbons (Fsp3) is 0.216. The lowest BCUT2D eigenvalue weighted by Gasteiger charge is -2.27. The highest BCUT2D eigenvalue weighted by Crippen LogP contribution is 2.33. The van der Waals surface area contributed by atoms with E-state index in [4.69, 9.17) is 11.6 Å². The van der Waals surface area contributed by atoms with Gasteiger partial charge in [0.05, 0.1) is 58.9 Å². The van der Waals surface area contributed by atoms with Gasteiger partial charge in [0.2, 0.25) is 23.3 Å². The van der Waals surface area contributed by atoms with E-state index in [2.05, 4.69) is 36.0 Å². The number of hydrogen-bond donors (Lipinski definition) is 3. The lowest BCUT2D eigenvalue weighted by molar-refractivity contribution is -0.136. The van der Waals surface area contributed by atoms with Gasteiger partial charge >= 0.3 is 11.4 Å². The molecule has 3 aromatic carbocycles. The van der Waals surface area contributed by atoms with Gasteiger partial charge in [-0.1, -0.05) is 22.9 Å². The van der Waals surface area contributed by atoms with Gasteiger partial charge in [-0.15, -0.1) is 5.10 Å². The standard InChI is InChI=1S/C37H28ClF3N12O7/c1-49-13-18-10-27(21(38)11-26(18)47-49)43-35-45-36(59)52(37(60)51(35)14-17-9-23(40)24(41)12-22(17)39)16-19-15-50(48-46-19)8-7-30(55)42-25-4-2-3-20-31(25)34(58)53(33(20)57)28-5-6-29(54)44-32(28)56/h2-4,9-13,15,28H,5-8,14,16H2,1H3,(H,42,55)(H,43,45,59)(H,44,54,56). The number of benzene rings is 3. The molecule has 6 aromatic rings. The number of H-pyrrole nitrogens is 1. The number of nitrogens with one attached hydrogen (secondary N) is 3. The van der Waals surface area contributed by atoms with Gasteiger partial charge in [0.25, 0.3) is 11.8 Å². The van der Waals surface area contributed by atoms with Crippen LogP contribution < -0.4 is 27.6 Å². The minimum absolute atomic E-state index is 0.0233. The van der Waals surface area contributed by atoms with Crippen molar-refractivity contribution in [2.45, 2.75) is 44.9 Å². The minimum atomic E-state index is -1.45. The van der Waals surface area contributed by atoms with Crippen LogP contribution in [0, 0.1) is 17.5 Å². The Labute approximate surface area is 337 Å². The van der Waals surface area contributed by atoms with Crippen LogP contribution >= 0.6 is 11.6 Å². The maximum Gasteiger partial charge on any atom is 0.335 e. The molecule has 8 rings (SSSR count). The van der Waals surface area contributed by atoms with Crippen molar-refractivity contribution in [3.63, 3.8) is 0 Å². The molecule has 0 aliphatic carbocycles. The van der Waals surface area contributed by atoms with Crippen LogP contribution in [0.5, 0.6) is 0 Å². The first kappa shape index (κ1) is 39.3. The highest BCUT2D eigenvalue weighted by atomic mass is 35.5. The van der Waals surface area contributed by atoms with Crippen molar-refractivity contribution in [3.8, 4) is 0 Å². The average molecular weight is 845 g/mol. The molecule has 2 aliphatic rings. The zero-order valence-corrected chi connectivity index (χ0v) is 31.7. The molecule has 3 N–H and O–H groups in total. The van der Waals surface area contributed by atoms with Crippen LogP contribution in [0.3, 0.4) is 0 Å². The monoisotopic (exact) mass is 844 g/mol. The number of fused-ring (bicyclic) bond motifs is 2. The minimum Gasteiger partial charge on any atom is -0.325 e. The Bertz CT molecular complexity index is 3040.